The first-order valence-corrected chi connectivity index (χ1v) is 7.15. The van der Waals surface area contributed by atoms with Crippen LogP contribution in [0.5, 0.6) is 0 Å². The minimum Gasteiger partial charge on any atom is -0.350 e. The third-order valence-electron chi connectivity index (χ3n) is 3.23. The highest BCUT2D eigenvalue weighted by Crippen LogP contribution is 2.08. The molecule has 0 atom stereocenters. The minimum atomic E-state index is -0.215. The predicted octanol–water partition coefficient (Wildman–Crippen LogP) is 3.25. The summed E-state index contributed by atoms with van der Waals surface area (Å²) in [6.45, 7) is 0.470. The van der Waals surface area contributed by atoms with Crippen LogP contribution in [-0.2, 0) is 17.8 Å². The molecule has 0 aliphatic carbocycles. The van der Waals surface area contributed by atoms with Crippen LogP contribution in [0.1, 0.15) is 30.5 Å². The lowest BCUT2D eigenvalue weighted by Gasteiger charge is -2.05. The van der Waals surface area contributed by atoms with E-state index in [1.54, 1.807) is 18.3 Å². The maximum Gasteiger partial charge on any atom is 0.220 e. The van der Waals surface area contributed by atoms with Gasteiger partial charge in [0, 0.05) is 12.6 Å². The number of amides is 1. The van der Waals surface area contributed by atoms with Crippen LogP contribution >= 0.6 is 0 Å². The van der Waals surface area contributed by atoms with Gasteiger partial charge in [-0.25, -0.2) is 4.39 Å². The van der Waals surface area contributed by atoms with E-state index >= 15 is 0 Å². The van der Waals surface area contributed by atoms with Gasteiger partial charge in [-0.2, -0.15) is 0 Å². The van der Waals surface area contributed by atoms with E-state index in [9.17, 15) is 9.18 Å². The quantitative estimate of drug-likeness (QED) is 0.794. The second-order valence-corrected chi connectivity index (χ2v) is 4.93. The summed E-state index contributed by atoms with van der Waals surface area (Å²) in [6.07, 6.45) is 4.83. The molecule has 110 valence electrons. The zero-order chi connectivity index (χ0) is 14.9. The minimum absolute atomic E-state index is 0.0414. The monoisotopic (exact) mass is 286 g/mol. The molecule has 0 saturated heterocycles. The smallest absolute Gasteiger partial charge is 0.220 e. The van der Waals surface area contributed by atoms with Crippen molar-refractivity contribution in [3.8, 4) is 0 Å². The molecule has 4 heteroatoms. The lowest BCUT2D eigenvalue weighted by molar-refractivity contribution is -0.121. The molecule has 0 saturated carbocycles. The third kappa shape index (κ3) is 5.73. The molecule has 1 N–H and O–H groups in total. The number of pyridine rings is 1. The number of aryl methyl sites for hydroxylation is 1. The standard InChI is InChI=1S/C17H19FN2O/c18-15-10-8-14(9-11-15)5-1-2-7-17(21)20-13-16-6-3-4-12-19-16/h3-4,6,8-12H,1-2,5,7,13H2,(H,20,21). The number of carbonyl (C=O) groups is 1. The van der Waals surface area contributed by atoms with E-state index in [2.05, 4.69) is 10.3 Å². The highest BCUT2D eigenvalue weighted by atomic mass is 19.1. The van der Waals surface area contributed by atoms with Gasteiger partial charge in [0.15, 0.2) is 0 Å². The molecular weight excluding hydrogens is 267 g/mol. The second kappa shape index (κ2) is 8.15. The Hall–Kier alpha value is -2.23. The Balaban J connectivity index is 1.60. The molecule has 1 amide bonds. The second-order valence-electron chi connectivity index (χ2n) is 4.93. The number of nitrogens with one attached hydrogen (secondary N) is 1. The largest absolute Gasteiger partial charge is 0.350 e. The first-order chi connectivity index (χ1) is 10.2. The normalized spacial score (nSPS) is 10.3. The van der Waals surface area contributed by atoms with E-state index in [0.717, 1.165) is 30.5 Å². The Morgan fingerprint density at radius 3 is 2.62 bits per heavy atom. The molecule has 3 nitrogen and oxygen atoms in total. The summed E-state index contributed by atoms with van der Waals surface area (Å²) in [4.78, 5) is 15.8. The molecule has 2 aromatic rings. The Morgan fingerprint density at radius 2 is 1.90 bits per heavy atom. The first-order valence-electron chi connectivity index (χ1n) is 7.15. The lowest BCUT2D eigenvalue weighted by atomic mass is 10.1. The number of hydrogen-bond acceptors (Lipinski definition) is 2. The van der Waals surface area contributed by atoms with Crippen LogP contribution in [0, 0.1) is 5.82 Å². The van der Waals surface area contributed by atoms with Gasteiger partial charge < -0.3 is 5.32 Å². The summed E-state index contributed by atoms with van der Waals surface area (Å²) in [5, 5.41) is 2.85. The SMILES string of the molecule is O=C(CCCCc1ccc(F)cc1)NCc1ccccn1. The molecule has 0 bridgehead atoms. The number of nitrogens with zero attached hydrogens (tertiary/aromatic N) is 1. The fourth-order valence-electron chi connectivity index (χ4n) is 2.05. The molecule has 0 aliphatic heterocycles. The molecule has 1 heterocycles. The van der Waals surface area contributed by atoms with Crippen LogP contribution in [0.3, 0.4) is 0 Å². The molecule has 1 aromatic carbocycles. The Bertz CT molecular complexity index is 555. The Morgan fingerprint density at radius 1 is 1.10 bits per heavy atom. The van der Waals surface area contributed by atoms with Gasteiger partial charge in [0.25, 0.3) is 0 Å². The highest BCUT2D eigenvalue weighted by Gasteiger charge is 2.02. The maximum atomic E-state index is 12.7. The van der Waals surface area contributed by atoms with Gasteiger partial charge in [0.2, 0.25) is 5.91 Å². The number of halogens is 1. The molecule has 2 rings (SSSR count). The number of benzene rings is 1. The van der Waals surface area contributed by atoms with Gasteiger partial charge in [0.1, 0.15) is 5.82 Å². The van der Waals surface area contributed by atoms with Gasteiger partial charge in [-0.05, 0) is 49.1 Å². The first kappa shape index (κ1) is 15.2. The summed E-state index contributed by atoms with van der Waals surface area (Å²) < 4.78 is 12.7. The van der Waals surface area contributed by atoms with E-state index in [0.29, 0.717) is 13.0 Å². The Kier molecular flexibility index (Phi) is 5.88. The van der Waals surface area contributed by atoms with Crippen molar-refractivity contribution in [3.05, 3.63) is 65.7 Å². The van der Waals surface area contributed by atoms with Crippen molar-refractivity contribution in [2.75, 3.05) is 0 Å². The fraction of sp³-hybridized carbons (Fsp3) is 0.294. The molecule has 0 spiro atoms. The van der Waals surface area contributed by atoms with Crippen molar-refractivity contribution in [3.63, 3.8) is 0 Å². The van der Waals surface area contributed by atoms with Crippen molar-refractivity contribution in [1.29, 1.82) is 0 Å². The number of rotatable bonds is 7. The van der Waals surface area contributed by atoms with Crippen LogP contribution in [0.2, 0.25) is 0 Å². The zero-order valence-electron chi connectivity index (χ0n) is 11.9. The van der Waals surface area contributed by atoms with E-state index in [1.165, 1.54) is 12.1 Å². The van der Waals surface area contributed by atoms with Crippen LogP contribution in [-0.4, -0.2) is 10.9 Å². The lowest BCUT2D eigenvalue weighted by Crippen LogP contribution is -2.22. The Labute approximate surface area is 124 Å². The molecule has 0 unspecified atom stereocenters. The average Bonchev–Trinajstić information content (AvgIpc) is 2.52. The van der Waals surface area contributed by atoms with E-state index in [4.69, 9.17) is 0 Å². The van der Waals surface area contributed by atoms with Crippen molar-refractivity contribution in [2.24, 2.45) is 0 Å². The van der Waals surface area contributed by atoms with Crippen molar-refractivity contribution >= 4 is 5.91 Å². The number of hydrogen-bond donors (Lipinski definition) is 1. The molecule has 0 fully saturated rings. The van der Waals surface area contributed by atoms with Crippen LogP contribution in [0.25, 0.3) is 0 Å². The van der Waals surface area contributed by atoms with E-state index in [1.807, 2.05) is 18.2 Å². The molecule has 0 radical (unpaired) electrons. The number of aromatic nitrogens is 1. The van der Waals surface area contributed by atoms with Gasteiger partial charge in [-0.3, -0.25) is 9.78 Å². The van der Waals surface area contributed by atoms with Crippen LogP contribution in [0.4, 0.5) is 4.39 Å². The molecular formula is C17H19FN2O. The number of carbonyl (C=O) groups excluding carboxylic acids is 1. The highest BCUT2D eigenvalue weighted by molar-refractivity contribution is 5.75. The predicted molar refractivity (Wildman–Crippen MR) is 80.0 cm³/mol. The average molecular weight is 286 g/mol. The summed E-state index contributed by atoms with van der Waals surface area (Å²) in [5.74, 6) is -0.174. The van der Waals surface area contributed by atoms with E-state index in [-0.39, 0.29) is 11.7 Å². The molecule has 1 aromatic heterocycles. The van der Waals surface area contributed by atoms with Crippen molar-refractivity contribution < 1.29 is 9.18 Å². The summed E-state index contributed by atoms with van der Waals surface area (Å²) >= 11 is 0. The van der Waals surface area contributed by atoms with Gasteiger partial charge in [-0.15, -0.1) is 0 Å². The topological polar surface area (TPSA) is 42.0 Å². The van der Waals surface area contributed by atoms with Crippen LogP contribution < -0.4 is 5.32 Å². The van der Waals surface area contributed by atoms with Gasteiger partial charge in [0.05, 0.1) is 12.2 Å². The molecule has 0 aliphatic rings. The van der Waals surface area contributed by atoms with Crippen LogP contribution in [0.15, 0.2) is 48.7 Å². The third-order valence-corrected chi connectivity index (χ3v) is 3.23. The van der Waals surface area contributed by atoms with E-state index < -0.39 is 0 Å². The summed E-state index contributed by atoms with van der Waals surface area (Å²) in [7, 11) is 0. The fourth-order valence-corrected chi connectivity index (χ4v) is 2.05. The van der Waals surface area contributed by atoms with Gasteiger partial charge >= 0.3 is 0 Å². The van der Waals surface area contributed by atoms with Crippen molar-refractivity contribution in [1.82, 2.24) is 10.3 Å². The zero-order valence-corrected chi connectivity index (χ0v) is 11.9. The summed E-state index contributed by atoms with van der Waals surface area (Å²) in [5.41, 5.74) is 1.96. The molecule has 21 heavy (non-hydrogen) atoms. The summed E-state index contributed by atoms with van der Waals surface area (Å²) in [6, 6.07) is 12.1. The maximum absolute atomic E-state index is 12.7. The van der Waals surface area contributed by atoms with Gasteiger partial charge in [-0.1, -0.05) is 18.2 Å². The number of unbranched alkanes of at least 4 members (excludes halogenated alkanes) is 1. The van der Waals surface area contributed by atoms with Crippen molar-refractivity contribution in [2.45, 2.75) is 32.2 Å².